The minimum absolute atomic E-state index is 0. The van der Waals surface area contributed by atoms with Gasteiger partial charge in [0.1, 0.15) is 0 Å². The number of halogens is 4. The molecule has 0 aliphatic heterocycles. The van der Waals surface area contributed by atoms with Gasteiger partial charge in [-0.1, -0.05) is 17.2 Å². The van der Waals surface area contributed by atoms with E-state index < -0.39 is 17.6 Å². The normalized spacial score (nSPS) is 11.1. The van der Waals surface area contributed by atoms with Crippen LogP contribution in [0, 0.1) is 18.8 Å². The Morgan fingerprint density at radius 1 is 1.23 bits per heavy atom. The van der Waals surface area contributed by atoms with Gasteiger partial charge in [-0.25, -0.2) is 0 Å². The summed E-state index contributed by atoms with van der Waals surface area (Å²) < 4.78 is 51.1. The Morgan fingerprint density at radius 2 is 1.85 bits per heavy atom. The molecule has 0 bridgehead atoms. The van der Waals surface area contributed by atoms with Gasteiger partial charge in [0.25, 0.3) is 0 Å². The third kappa shape index (κ3) is 7.89. The molecule has 26 heavy (non-hydrogen) atoms. The summed E-state index contributed by atoms with van der Waals surface area (Å²) in [5.74, 6) is -0.839. The van der Waals surface area contributed by atoms with Gasteiger partial charge in [0, 0.05) is 38.2 Å². The van der Waals surface area contributed by atoms with Gasteiger partial charge >= 0.3 is 6.18 Å². The van der Waals surface area contributed by atoms with Crippen LogP contribution in [0.25, 0.3) is 11.3 Å². The fourth-order valence-corrected chi connectivity index (χ4v) is 1.79. The summed E-state index contributed by atoms with van der Waals surface area (Å²) in [6.07, 6.45) is -1.97. The summed E-state index contributed by atoms with van der Waals surface area (Å²) in [5.41, 5.74) is -0.362. The second kappa shape index (κ2) is 10.2. The van der Waals surface area contributed by atoms with Crippen LogP contribution in [0.2, 0.25) is 0 Å². The van der Waals surface area contributed by atoms with Gasteiger partial charge in [0.05, 0.1) is 5.76 Å². The average Bonchev–Trinajstić information content (AvgIpc) is 2.45. The fourth-order valence-electron chi connectivity index (χ4n) is 1.79. The molecule has 0 amide bonds. The number of aryl methyl sites for hydroxylation is 1. The Hall–Kier alpha value is -2.05. The fraction of sp³-hybridized carbons (Fsp3) is 0.222. The van der Waals surface area contributed by atoms with Gasteiger partial charge in [-0.05, 0) is 38.1 Å². The molecule has 1 heterocycles. The number of aliphatic hydroxyl groups excluding tert-OH is 1. The number of ketones is 1. The first-order valence-corrected chi connectivity index (χ1v) is 7.10. The van der Waals surface area contributed by atoms with Crippen molar-refractivity contribution in [3.63, 3.8) is 0 Å². The largest absolute Gasteiger partial charge is 0.512 e. The molecule has 2 rings (SSSR count). The maximum atomic E-state index is 13.5. The smallest absolute Gasteiger partial charge is 0.399 e. The summed E-state index contributed by atoms with van der Waals surface area (Å²) in [6, 6.07) is 6.66. The van der Waals surface area contributed by atoms with E-state index in [-0.39, 0.29) is 42.9 Å². The van der Waals surface area contributed by atoms with E-state index in [0.29, 0.717) is 6.07 Å². The third-order valence-corrected chi connectivity index (χ3v) is 2.78. The standard InChI is InChI=1S/C13H8F4N.C5H8O2.Ir/c1-8-4-5-18-12(6-8)10-7-9(13(15,16)17)2-3-11(10)14;1-4(6)3-5(2)7;/h2-6H,1H3;3,6H,1-2H3;/q-1;;. The topological polar surface area (TPSA) is 50.2 Å². The molecule has 0 unspecified atom stereocenters. The molecule has 143 valence electrons. The van der Waals surface area contributed by atoms with Crippen LogP contribution in [0.3, 0.4) is 0 Å². The SMILES string of the molecule is CC(=O)C=C(C)O.Cc1ccnc(-c2[c-]c(C(F)(F)F)ccc2F)c1.[Ir]. The van der Waals surface area contributed by atoms with E-state index in [1.165, 1.54) is 32.2 Å². The summed E-state index contributed by atoms with van der Waals surface area (Å²) in [7, 11) is 0. The zero-order valence-corrected chi connectivity index (χ0v) is 16.5. The number of pyridine rings is 1. The molecule has 0 aliphatic rings. The zero-order valence-electron chi connectivity index (χ0n) is 14.1. The molecule has 1 radical (unpaired) electrons. The molecule has 1 N–H and O–H groups in total. The summed E-state index contributed by atoms with van der Waals surface area (Å²) in [6.45, 7) is 4.60. The van der Waals surface area contributed by atoms with Crippen molar-refractivity contribution in [3.8, 4) is 11.3 Å². The van der Waals surface area contributed by atoms with Gasteiger partial charge in [-0.3, -0.25) is 9.18 Å². The van der Waals surface area contributed by atoms with Crippen molar-refractivity contribution < 1.29 is 47.6 Å². The summed E-state index contributed by atoms with van der Waals surface area (Å²) in [4.78, 5) is 13.9. The van der Waals surface area contributed by atoms with Crippen molar-refractivity contribution >= 4 is 5.78 Å². The van der Waals surface area contributed by atoms with E-state index in [2.05, 4.69) is 4.98 Å². The summed E-state index contributed by atoms with van der Waals surface area (Å²) >= 11 is 0. The van der Waals surface area contributed by atoms with E-state index >= 15 is 0 Å². The molecule has 0 aliphatic carbocycles. The Morgan fingerprint density at radius 3 is 2.27 bits per heavy atom. The molecule has 2 aromatic rings. The summed E-state index contributed by atoms with van der Waals surface area (Å²) in [5, 5.41) is 8.36. The maximum absolute atomic E-state index is 13.5. The second-order valence-corrected chi connectivity index (χ2v) is 5.21. The van der Waals surface area contributed by atoms with Gasteiger partial charge in [0.2, 0.25) is 0 Å². The van der Waals surface area contributed by atoms with Crippen LogP contribution in [0.4, 0.5) is 17.6 Å². The Labute approximate surface area is 162 Å². The zero-order chi connectivity index (χ0) is 19.2. The Kier molecular flexibility index (Phi) is 9.38. The number of benzene rings is 1. The number of hydrogen-bond acceptors (Lipinski definition) is 3. The predicted octanol–water partition coefficient (Wildman–Crippen LogP) is 5.05. The van der Waals surface area contributed by atoms with E-state index in [9.17, 15) is 22.4 Å². The van der Waals surface area contributed by atoms with E-state index in [1.54, 1.807) is 13.0 Å². The quantitative estimate of drug-likeness (QED) is 0.248. The molecule has 0 saturated heterocycles. The van der Waals surface area contributed by atoms with Crippen molar-refractivity contribution in [2.24, 2.45) is 0 Å². The van der Waals surface area contributed by atoms with Gasteiger partial charge < -0.3 is 10.1 Å². The molecule has 0 atom stereocenters. The number of nitrogens with zero attached hydrogens (tertiary/aromatic N) is 1. The third-order valence-electron chi connectivity index (χ3n) is 2.78. The Bertz CT molecular complexity index is 785. The van der Waals surface area contributed by atoms with Crippen molar-refractivity contribution in [2.45, 2.75) is 26.9 Å². The molecule has 0 saturated carbocycles. The van der Waals surface area contributed by atoms with Crippen LogP contribution >= 0.6 is 0 Å². The molecular weight excluding hydrogens is 530 g/mol. The number of alkyl halides is 3. The van der Waals surface area contributed by atoms with Crippen molar-refractivity contribution in [2.75, 3.05) is 0 Å². The number of aromatic nitrogens is 1. The second-order valence-electron chi connectivity index (χ2n) is 5.21. The first-order chi connectivity index (χ1) is 11.5. The van der Waals surface area contributed by atoms with Crippen molar-refractivity contribution in [1.29, 1.82) is 0 Å². The Balaban J connectivity index is 0.000000673. The maximum Gasteiger partial charge on any atom is 0.399 e. The number of carbonyl (C=O) groups excluding carboxylic acids is 1. The van der Waals surface area contributed by atoms with Crippen molar-refractivity contribution in [1.82, 2.24) is 4.98 Å². The minimum atomic E-state index is -4.55. The number of carbonyl (C=O) groups is 1. The molecule has 1 aromatic heterocycles. The average molecular weight is 547 g/mol. The molecule has 0 spiro atoms. The molecular formula is C18H16F4IrNO2-. The van der Waals surface area contributed by atoms with Crippen LogP contribution < -0.4 is 0 Å². The van der Waals surface area contributed by atoms with Gasteiger partial charge in [0.15, 0.2) is 5.78 Å². The number of allylic oxidation sites excluding steroid dienone is 2. The van der Waals surface area contributed by atoms with Crippen molar-refractivity contribution in [3.05, 3.63) is 65.3 Å². The van der Waals surface area contributed by atoms with Crippen LogP contribution in [0.1, 0.15) is 25.0 Å². The number of rotatable bonds is 2. The molecule has 0 fully saturated rings. The van der Waals surface area contributed by atoms with Crippen LogP contribution in [-0.2, 0) is 31.1 Å². The number of aliphatic hydroxyl groups is 1. The first-order valence-electron chi connectivity index (χ1n) is 7.10. The van der Waals surface area contributed by atoms with Gasteiger partial charge in [-0.2, -0.15) is 13.2 Å². The monoisotopic (exact) mass is 547 g/mol. The van der Waals surface area contributed by atoms with E-state index in [0.717, 1.165) is 11.6 Å². The minimum Gasteiger partial charge on any atom is -0.512 e. The van der Waals surface area contributed by atoms with Crippen LogP contribution in [0.5, 0.6) is 0 Å². The van der Waals surface area contributed by atoms with Crippen LogP contribution in [-0.4, -0.2) is 15.9 Å². The van der Waals surface area contributed by atoms with E-state index in [4.69, 9.17) is 5.11 Å². The van der Waals surface area contributed by atoms with Gasteiger partial charge in [-0.15, -0.1) is 18.2 Å². The molecule has 8 heteroatoms. The molecule has 1 aromatic carbocycles. The first kappa shape index (κ1) is 23.9. The molecule has 3 nitrogen and oxygen atoms in total. The number of hydrogen-bond donors (Lipinski definition) is 1. The van der Waals surface area contributed by atoms with Crippen LogP contribution in [0.15, 0.2) is 42.3 Å². The van der Waals surface area contributed by atoms with E-state index in [1.807, 2.05) is 6.07 Å². The predicted molar refractivity (Wildman–Crippen MR) is 85.3 cm³/mol.